The maximum absolute atomic E-state index is 11.7. The minimum Gasteiger partial charge on any atom is -0.275 e. The fraction of sp³-hybridized carbons (Fsp3) is 0.947. The number of amides is 2. The van der Waals surface area contributed by atoms with E-state index in [0.717, 1.165) is 25.7 Å². The van der Waals surface area contributed by atoms with Gasteiger partial charge in [-0.2, -0.15) is 0 Å². The first-order valence-corrected chi connectivity index (χ1v) is 10.2. The number of rotatable bonds is 16. The summed E-state index contributed by atoms with van der Waals surface area (Å²) in [6.45, 7) is 4.46. The van der Waals surface area contributed by atoms with Gasteiger partial charge in [-0.15, -0.1) is 0 Å². The first-order valence-electron chi connectivity index (χ1n) is 10.2. The summed E-state index contributed by atoms with van der Waals surface area (Å²) in [5, 5.41) is 1.30. The molecule has 1 atom stereocenters. The van der Waals surface area contributed by atoms with Crippen LogP contribution in [0.4, 0.5) is 4.79 Å². The molecule has 0 heterocycles. The average Bonchev–Trinajstić information content (AvgIpc) is 2.60. The molecule has 0 aromatic heterocycles. The summed E-state index contributed by atoms with van der Waals surface area (Å²) in [6, 6.07) is -0.277. The molecule has 0 bridgehead atoms. The normalized spacial score (nSPS) is 12.2. The van der Waals surface area contributed by atoms with Gasteiger partial charge in [-0.3, -0.25) is 10.4 Å². The third-order valence-electron chi connectivity index (χ3n) is 4.78. The highest BCUT2D eigenvalue weighted by Crippen LogP contribution is 2.17. The number of nitrogens with two attached hydrogens (primary N) is 2. The smallest absolute Gasteiger partial charge is 0.275 e. The van der Waals surface area contributed by atoms with Crippen LogP contribution in [0, 0.1) is 0 Å². The highest BCUT2D eigenvalue weighted by atomic mass is 16.2. The zero-order chi connectivity index (χ0) is 18.0. The van der Waals surface area contributed by atoms with Gasteiger partial charge in [-0.05, 0) is 12.8 Å². The lowest BCUT2D eigenvalue weighted by atomic mass is 10.00. The van der Waals surface area contributed by atoms with Gasteiger partial charge in [0.15, 0.2) is 0 Å². The van der Waals surface area contributed by atoms with Crippen LogP contribution in [-0.4, -0.2) is 17.1 Å². The van der Waals surface area contributed by atoms with E-state index in [1.807, 2.05) is 0 Å². The summed E-state index contributed by atoms with van der Waals surface area (Å²) in [7, 11) is 0. The summed E-state index contributed by atoms with van der Waals surface area (Å²) in [5.41, 5.74) is 2.14. The molecule has 144 valence electrons. The fourth-order valence-electron chi connectivity index (χ4n) is 3.16. The van der Waals surface area contributed by atoms with E-state index < -0.39 is 0 Å². The molecule has 0 fully saturated rings. The van der Waals surface area contributed by atoms with E-state index in [0.29, 0.717) is 0 Å². The Balaban J connectivity index is 3.88. The van der Waals surface area contributed by atoms with Crippen molar-refractivity contribution in [2.24, 2.45) is 11.7 Å². The molecule has 0 aliphatic heterocycles. The van der Waals surface area contributed by atoms with Crippen molar-refractivity contribution < 1.29 is 4.79 Å². The Kier molecular flexibility index (Phi) is 16.5. The van der Waals surface area contributed by atoms with Crippen molar-refractivity contribution in [2.45, 2.75) is 116 Å². The second kappa shape index (κ2) is 17.0. The Hall–Kier alpha value is -0.810. The van der Waals surface area contributed by atoms with Crippen LogP contribution in [0.25, 0.3) is 0 Å². The van der Waals surface area contributed by atoms with Gasteiger partial charge in [-0.1, -0.05) is 97.3 Å². The molecule has 5 nitrogen and oxygen atoms in total. The van der Waals surface area contributed by atoms with Crippen LogP contribution in [0.5, 0.6) is 0 Å². The van der Waals surface area contributed by atoms with E-state index in [9.17, 15) is 4.79 Å². The number of hydrogen-bond acceptors (Lipinski definition) is 3. The van der Waals surface area contributed by atoms with Gasteiger partial charge < -0.3 is 0 Å². The van der Waals surface area contributed by atoms with Gasteiger partial charge >= 0.3 is 6.03 Å². The minimum absolute atomic E-state index is 0.106. The van der Waals surface area contributed by atoms with Crippen LogP contribution in [0.15, 0.2) is 0 Å². The van der Waals surface area contributed by atoms with Crippen molar-refractivity contribution in [2.75, 3.05) is 0 Å². The zero-order valence-corrected chi connectivity index (χ0v) is 16.2. The Morgan fingerprint density at radius 2 is 1.17 bits per heavy atom. The van der Waals surface area contributed by atoms with Crippen LogP contribution in [0.1, 0.15) is 110 Å². The quantitative estimate of drug-likeness (QED) is 0.160. The van der Waals surface area contributed by atoms with Gasteiger partial charge in [0.05, 0.1) is 0 Å². The highest BCUT2D eigenvalue weighted by Gasteiger charge is 2.19. The van der Waals surface area contributed by atoms with E-state index >= 15 is 0 Å². The summed E-state index contributed by atoms with van der Waals surface area (Å²) in [5.74, 6) is 11.1. The number of carbonyl (C=O) groups excluding carboxylic acids is 1. The highest BCUT2D eigenvalue weighted by molar-refractivity contribution is 5.73. The Morgan fingerprint density at radius 3 is 1.58 bits per heavy atom. The van der Waals surface area contributed by atoms with E-state index in [-0.39, 0.29) is 12.1 Å². The lowest BCUT2D eigenvalue weighted by Crippen LogP contribution is -2.52. The molecular weight excluding hydrogens is 300 g/mol. The number of hydrogen-bond donors (Lipinski definition) is 3. The molecule has 0 aromatic carbocycles. The largest absolute Gasteiger partial charge is 0.345 e. The first-order chi connectivity index (χ1) is 11.7. The molecular formula is C19H42N4O. The SMILES string of the molecule is CCCCCCCCCCCC(CCCCCC)N(N)C(=O)NN. The molecule has 0 saturated carbocycles. The predicted molar refractivity (Wildman–Crippen MR) is 103 cm³/mol. The second-order valence-corrected chi connectivity index (χ2v) is 6.98. The molecule has 2 amide bonds. The third-order valence-corrected chi connectivity index (χ3v) is 4.78. The van der Waals surface area contributed by atoms with Crippen LogP contribution >= 0.6 is 0 Å². The molecule has 1 unspecified atom stereocenters. The molecule has 24 heavy (non-hydrogen) atoms. The maximum Gasteiger partial charge on any atom is 0.345 e. The molecule has 0 aromatic rings. The van der Waals surface area contributed by atoms with Crippen LogP contribution in [-0.2, 0) is 0 Å². The Labute approximate surface area is 149 Å². The summed E-state index contributed by atoms with van der Waals surface area (Å²) < 4.78 is 0. The van der Waals surface area contributed by atoms with E-state index in [1.54, 1.807) is 0 Å². The van der Waals surface area contributed by atoms with Crippen molar-refractivity contribution in [1.82, 2.24) is 10.4 Å². The van der Waals surface area contributed by atoms with Gasteiger partial charge in [-0.25, -0.2) is 16.5 Å². The van der Waals surface area contributed by atoms with Gasteiger partial charge in [0.2, 0.25) is 0 Å². The molecule has 0 spiro atoms. The maximum atomic E-state index is 11.7. The topological polar surface area (TPSA) is 84.4 Å². The van der Waals surface area contributed by atoms with Crippen LogP contribution in [0.3, 0.4) is 0 Å². The monoisotopic (exact) mass is 342 g/mol. The summed E-state index contributed by atoms with van der Waals surface area (Å²) >= 11 is 0. The van der Waals surface area contributed by atoms with Crippen molar-refractivity contribution >= 4 is 6.03 Å². The van der Waals surface area contributed by atoms with Crippen molar-refractivity contribution in [3.05, 3.63) is 0 Å². The average molecular weight is 343 g/mol. The molecule has 0 rings (SSSR count). The molecule has 0 aliphatic rings. The number of unbranched alkanes of at least 4 members (excludes halogenated alkanes) is 11. The first kappa shape index (κ1) is 23.2. The van der Waals surface area contributed by atoms with Gasteiger partial charge in [0, 0.05) is 6.04 Å². The van der Waals surface area contributed by atoms with E-state index in [1.165, 1.54) is 75.6 Å². The predicted octanol–water partition coefficient (Wildman–Crippen LogP) is 5.01. The Morgan fingerprint density at radius 1 is 0.792 bits per heavy atom. The van der Waals surface area contributed by atoms with Gasteiger partial charge in [0.1, 0.15) is 0 Å². The summed E-state index contributed by atoms with van der Waals surface area (Å²) in [4.78, 5) is 11.7. The van der Waals surface area contributed by atoms with Crippen LogP contribution < -0.4 is 17.1 Å². The molecule has 0 radical (unpaired) electrons. The molecule has 0 aliphatic carbocycles. The number of hydrazine groups is 2. The lowest BCUT2D eigenvalue weighted by molar-refractivity contribution is 0.164. The minimum atomic E-state index is -0.383. The van der Waals surface area contributed by atoms with Crippen molar-refractivity contribution in [1.29, 1.82) is 0 Å². The number of nitrogens with one attached hydrogen (secondary N) is 1. The standard InChI is InChI=1S/C19H42N4O/c1-3-5-7-9-10-11-12-13-15-17-18(16-14-8-6-4-2)23(21)19(24)22-20/h18H,3-17,20-21H2,1-2H3,(H,22,24). The number of carbonyl (C=O) groups is 1. The van der Waals surface area contributed by atoms with Crippen LogP contribution in [0.2, 0.25) is 0 Å². The number of urea groups is 1. The second-order valence-electron chi connectivity index (χ2n) is 6.98. The molecule has 0 saturated heterocycles. The summed E-state index contributed by atoms with van der Waals surface area (Å²) in [6.07, 6.45) is 18.6. The molecule has 5 heteroatoms. The van der Waals surface area contributed by atoms with Crippen molar-refractivity contribution in [3.8, 4) is 0 Å². The van der Waals surface area contributed by atoms with Gasteiger partial charge in [0.25, 0.3) is 0 Å². The molecule has 5 N–H and O–H groups in total. The fourth-order valence-corrected chi connectivity index (χ4v) is 3.16. The van der Waals surface area contributed by atoms with E-state index in [2.05, 4.69) is 19.3 Å². The number of nitrogens with zero attached hydrogens (tertiary/aromatic N) is 1. The lowest BCUT2D eigenvalue weighted by Gasteiger charge is -2.27. The Bertz CT molecular complexity index is 287. The zero-order valence-electron chi connectivity index (χ0n) is 16.2. The third kappa shape index (κ3) is 12.6. The van der Waals surface area contributed by atoms with E-state index in [4.69, 9.17) is 11.7 Å². The van der Waals surface area contributed by atoms with Crippen molar-refractivity contribution in [3.63, 3.8) is 0 Å².